The fourth-order valence-corrected chi connectivity index (χ4v) is 1.08. The van der Waals surface area contributed by atoms with Crippen molar-refractivity contribution in [1.82, 2.24) is 20.0 Å². The molecule has 2 heterocycles. The molecule has 5 nitrogen and oxygen atoms in total. The summed E-state index contributed by atoms with van der Waals surface area (Å²) in [6.45, 7) is 1.88. The first-order valence-electron chi connectivity index (χ1n) is 4.20. The Kier molecular flexibility index (Phi) is 2.14. The predicted molar refractivity (Wildman–Crippen MR) is 50.4 cm³/mol. The number of hydrogen-bond donors (Lipinski definition) is 0. The number of ether oxygens (including phenoxy) is 1. The van der Waals surface area contributed by atoms with Crippen molar-refractivity contribution < 1.29 is 4.74 Å². The lowest BCUT2D eigenvalue weighted by Crippen LogP contribution is -2.02. The lowest BCUT2D eigenvalue weighted by molar-refractivity contribution is 0.396. The summed E-state index contributed by atoms with van der Waals surface area (Å²) in [5.74, 6) is 1.20. The van der Waals surface area contributed by atoms with E-state index in [0.717, 1.165) is 5.69 Å². The second kappa shape index (κ2) is 3.45. The number of rotatable bonds is 2. The highest BCUT2D eigenvalue weighted by atomic mass is 16.5. The van der Waals surface area contributed by atoms with Crippen LogP contribution in [-0.2, 0) is 0 Å². The van der Waals surface area contributed by atoms with E-state index in [-0.39, 0.29) is 0 Å². The average molecular weight is 190 g/mol. The Morgan fingerprint density at radius 3 is 2.86 bits per heavy atom. The van der Waals surface area contributed by atoms with E-state index in [1.54, 1.807) is 19.4 Å². The Labute approximate surface area is 81.3 Å². The van der Waals surface area contributed by atoms with Crippen LogP contribution < -0.4 is 4.74 Å². The van der Waals surface area contributed by atoms with Gasteiger partial charge in [0.15, 0.2) is 5.82 Å². The van der Waals surface area contributed by atoms with Gasteiger partial charge in [-0.2, -0.15) is 15.2 Å². The van der Waals surface area contributed by atoms with Crippen LogP contribution in [0.25, 0.3) is 5.82 Å². The molecule has 0 aliphatic heterocycles. The van der Waals surface area contributed by atoms with Gasteiger partial charge in [0.2, 0.25) is 5.88 Å². The molecular formula is C9H10N4O. The molecule has 5 heteroatoms. The fourth-order valence-electron chi connectivity index (χ4n) is 1.08. The zero-order chi connectivity index (χ0) is 9.97. The average Bonchev–Trinajstić information content (AvgIpc) is 2.65. The van der Waals surface area contributed by atoms with Gasteiger partial charge in [0.1, 0.15) is 0 Å². The molecule has 2 aromatic rings. The van der Waals surface area contributed by atoms with E-state index in [1.165, 1.54) is 4.80 Å². The first kappa shape index (κ1) is 8.68. The minimum Gasteiger partial charge on any atom is -0.481 e. The van der Waals surface area contributed by atoms with Crippen molar-refractivity contribution in [1.29, 1.82) is 0 Å². The van der Waals surface area contributed by atoms with Crippen molar-refractivity contribution in [2.24, 2.45) is 0 Å². The van der Waals surface area contributed by atoms with Gasteiger partial charge in [-0.15, -0.1) is 4.80 Å². The van der Waals surface area contributed by atoms with E-state index in [4.69, 9.17) is 4.74 Å². The minimum absolute atomic E-state index is 0.553. The number of pyridine rings is 1. The van der Waals surface area contributed by atoms with Crippen LogP contribution in [0.3, 0.4) is 0 Å². The minimum atomic E-state index is 0.553. The SMILES string of the molecule is COc1cccc(-n2ncc(C)n2)n1. The predicted octanol–water partition coefficient (Wildman–Crippen LogP) is 0.979. The fraction of sp³-hybridized carbons (Fsp3) is 0.222. The Bertz CT molecular complexity index is 438. The van der Waals surface area contributed by atoms with E-state index < -0.39 is 0 Å². The molecule has 0 aliphatic rings. The standard InChI is InChI=1S/C9H10N4O/c1-7-6-10-13(12-7)8-4-3-5-9(11-8)14-2/h3-6H,1-2H3. The Morgan fingerprint density at radius 2 is 2.21 bits per heavy atom. The van der Waals surface area contributed by atoms with Gasteiger partial charge >= 0.3 is 0 Å². The number of aromatic nitrogens is 4. The van der Waals surface area contributed by atoms with Crippen molar-refractivity contribution in [3.63, 3.8) is 0 Å². The van der Waals surface area contributed by atoms with E-state index in [0.29, 0.717) is 11.7 Å². The van der Waals surface area contributed by atoms with E-state index in [1.807, 2.05) is 19.1 Å². The normalized spacial score (nSPS) is 10.1. The highest BCUT2D eigenvalue weighted by Crippen LogP contribution is 2.08. The van der Waals surface area contributed by atoms with Crippen molar-refractivity contribution >= 4 is 0 Å². The molecule has 0 atom stereocenters. The van der Waals surface area contributed by atoms with Gasteiger partial charge in [0.05, 0.1) is 19.0 Å². The smallest absolute Gasteiger partial charge is 0.215 e. The van der Waals surface area contributed by atoms with Crippen LogP contribution in [0.2, 0.25) is 0 Å². The van der Waals surface area contributed by atoms with Crippen LogP contribution >= 0.6 is 0 Å². The molecule has 0 saturated carbocycles. The summed E-state index contributed by atoms with van der Waals surface area (Å²) in [6, 6.07) is 5.45. The van der Waals surface area contributed by atoms with Crippen molar-refractivity contribution in [3.8, 4) is 11.7 Å². The van der Waals surface area contributed by atoms with Crippen LogP contribution in [0, 0.1) is 6.92 Å². The molecule has 2 rings (SSSR count). The van der Waals surface area contributed by atoms with Gasteiger partial charge in [-0.3, -0.25) is 0 Å². The number of hydrogen-bond acceptors (Lipinski definition) is 4. The van der Waals surface area contributed by atoms with Gasteiger partial charge in [-0.1, -0.05) is 6.07 Å². The Morgan fingerprint density at radius 1 is 1.36 bits per heavy atom. The molecule has 0 spiro atoms. The van der Waals surface area contributed by atoms with Gasteiger partial charge in [-0.05, 0) is 13.0 Å². The van der Waals surface area contributed by atoms with Crippen LogP contribution in [0.4, 0.5) is 0 Å². The van der Waals surface area contributed by atoms with Crippen molar-refractivity contribution in [2.45, 2.75) is 6.92 Å². The monoisotopic (exact) mass is 190 g/mol. The number of aryl methyl sites for hydroxylation is 1. The van der Waals surface area contributed by atoms with E-state index in [2.05, 4.69) is 15.2 Å². The third-order valence-electron chi connectivity index (χ3n) is 1.73. The zero-order valence-electron chi connectivity index (χ0n) is 8.01. The van der Waals surface area contributed by atoms with E-state index >= 15 is 0 Å². The van der Waals surface area contributed by atoms with Crippen molar-refractivity contribution in [3.05, 3.63) is 30.1 Å². The molecule has 0 unspecified atom stereocenters. The molecule has 2 aromatic heterocycles. The Hall–Kier alpha value is -1.91. The molecule has 0 N–H and O–H groups in total. The second-order valence-corrected chi connectivity index (χ2v) is 2.81. The van der Waals surface area contributed by atoms with Crippen molar-refractivity contribution in [2.75, 3.05) is 7.11 Å². The highest BCUT2D eigenvalue weighted by molar-refractivity contribution is 5.24. The summed E-state index contributed by atoms with van der Waals surface area (Å²) < 4.78 is 5.00. The van der Waals surface area contributed by atoms with Crippen LogP contribution in [-0.4, -0.2) is 27.1 Å². The molecule has 0 radical (unpaired) electrons. The van der Waals surface area contributed by atoms with Crippen LogP contribution in [0.5, 0.6) is 5.88 Å². The molecule has 0 aliphatic carbocycles. The lowest BCUT2D eigenvalue weighted by atomic mass is 10.4. The highest BCUT2D eigenvalue weighted by Gasteiger charge is 2.01. The summed E-state index contributed by atoms with van der Waals surface area (Å²) in [5.41, 5.74) is 0.856. The summed E-state index contributed by atoms with van der Waals surface area (Å²) in [4.78, 5) is 5.66. The summed E-state index contributed by atoms with van der Waals surface area (Å²) in [7, 11) is 1.58. The van der Waals surface area contributed by atoms with Gasteiger partial charge in [0, 0.05) is 6.07 Å². The topological polar surface area (TPSA) is 52.8 Å². The molecule has 14 heavy (non-hydrogen) atoms. The number of methoxy groups -OCH3 is 1. The summed E-state index contributed by atoms with van der Waals surface area (Å²) in [6.07, 6.45) is 1.68. The lowest BCUT2D eigenvalue weighted by Gasteiger charge is -2.01. The van der Waals surface area contributed by atoms with Gasteiger partial charge < -0.3 is 4.74 Å². The Balaban J connectivity index is 2.41. The zero-order valence-corrected chi connectivity index (χ0v) is 8.01. The molecule has 72 valence electrons. The molecule has 0 saturated heterocycles. The molecular weight excluding hydrogens is 180 g/mol. The quantitative estimate of drug-likeness (QED) is 0.708. The third kappa shape index (κ3) is 1.56. The molecule has 0 fully saturated rings. The largest absolute Gasteiger partial charge is 0.481 e. The van der Waals surface area contributed by atoms with E-state index in [9.17, 15) is 0 Å². The number of nitrogens with zero attached hydrogens (tertiary/aromatic N) is 4. The van der Waals surface area contributed by atoms with Crippen LogP contribution in [0.15, 0.2) is 24.4 Å². The molecule has 0 bridgehead atoms. The maximum Gasteiger partial charge on any atom is 0.215 e. The third-order valence-corrected chi connectivity index (χ3v) is 1.73. The second-order valence-electron chi connectivity index (χ2n) is 2.81. The first-order chi connectivity index (χ1) is 6.79. The summed E-state index contributed by atoms with van der Waals surface area (Å²) >= 11 is 0. The molecule has 0 aromatic carbocycles. The summed E-state index contributed by atoms with van der Waals surface area (Å²) in [5, 5.41) is 8.19. The van der Waals surface area contributed by atoms with Gasteiger partial charge in [0.25, 0.3) is 0 Å². The first-order valence-corrected chi connectivity index (χ1v) is 4.20. The maximum atomic E-state index is 5.00. The maximum absolute atomic E-state index is 5.00. The molecule has 0 amide bonds. The van der Waals surface area contributed by atoms with Crippen LogP contribution in [0.1, 0.15) is 5.69 Å². The van der Waals surface area contributed by atoms with Gasteiger partial charge in [-0.25, -0.2) is 0 Å².